The van der Waals surface area contributed by atoms with E-state index >= 15 is 0 Å². The highest BCUT2D eigenvalue weighted by atomic mass is 16.5. The first-order valence-corrected chi connectivity index (χ1v) is 5.48. The Labute approximate surface area is 91.6 Å². The van der Waals surface area contributed by atoms with Gasteiger partial charge in [-0.2, -0.15) is 0 Å². The summed E-state index contributed by atoms with van der Waals surface area (Å²) in [5.41, 5.74) is 1.02. The van der Waals surface area contributed by atoms with E-state index in [1.807, 2.05) is 6.07 Å². The van der Waals surface area contributed by atoms with E-state index in [-0.39, 0.29) is 11.2 Å². The number of nitrogens with one attached hydrogen (secondary N) is 1. The van der Waals surface area contributed by atoms with Crippen LogP contribution in [0.4, 0.5) is 0 Å². The highest BCUT2D eigenvalue weighted by Crippen LogP contribution is 2.31. The van der Waals surface area contributed by atoms with Crippen LogP contribution < -0.4 is 5.32 Å². The number of benzene rings is 1. The molecule has 1 saturated heterocycles. The minimum atomic E-state index is -0.210. The van der Waals surface area contributed by atoms with Gasteiger partial charge in [-0.05, 0) is 26.3 Å². The summed E-state index contributed by atoms with van der Waals surface area (Å²) in [5, 5.41) is 3.25. The largest absolute Gasteiger partial charge is 0.362 e. The van der Waals surface area contributed by atoms with Gasteiger partial charge in [-0.1, -0.05) is 30.3 Å². The molecule has 1 N–H and O–H groups in total. The van der Waals surface area contributed by atoms with Crippen molar-refractivity contribution in [1.82, 2.24) is 5.32 Å². The summed E-state index contributed by atoms with van der Waals surface area (Å²) >= 11 is 0. The van der Waals surface area contributed by atoms with Crippen LogP contribution in [0.1, 0.15) is 26.3 Å². The number of ether oxygens (including phenoxy) is 1. The van der Waals surface area contributed by atoms with Crippen LogP contribution in [-0.2, 0) is 10.3 Å². The minimum Gasteiger partial charge on any atom is -0.362 e. The summed E-state index contributed by atoms with van der Waals surface area (Å²) < 4.78 is 6.18. The topological polar surface area (TPSA) is 21.3 Å². The van der Waals surface area contributed by atoms with Crippen molar-refractivity contribution in [2.75, 3.05) is 13.1 Å². The van der Waals surface area contributed by atoms with Crippen molar-refractivity contribution in [3.8, 4) is 0 Å². The predicted octanol–water partition coefficient (Wildman–Crippen LogP) is 2.30. The van der Waals surface area contributed by atoms with Crippen LogP contribution in [0.25, 0.3) is 0 Å². The molecule has 1 heterocycles. The van der Waals surface area contributed by atoms with E-state index < -0.39 is 0 Å². The smallest absolute Gasteiger partial charge is 0.0913 e. The Kier molecular flexibility index (Phi) is 2.57. The zero-order valence-corrected chi connectivity index (χ0v) is 9.71. The predicted molar refractivity (Wildman–Crippen MR) is 61.8 cm³/mol. The van der Waals surface area contributed by atoms with Crippen LogP contribution in [0.3, 0.4) is 0 Å². The molecule has 0 amide bonds. The molecular weight excluding hydrogens is 186 g/mol. The van der Waals surface area contributed by atoms with Crippen molar-refractivity contribution < 1.29 is 4.74 Å². The Balaban J connectivity index is 2.13. The average Bonchev–Trinajstić information content (AvgIpc) is 2.16. The van der Waals surface area contributed by atoms with Crippen LogP contribution in [0.15, 0.2) is 30.3 Å². The molecular formula is C13H19NO. The molecule has 0 bridgehead atoms. The summed E-state index contributed by atoms with van der Waals surface area (Å²) in [6, 6.07) is 10.4. The maximum atomic E-state index is 6.18. The van der Waals surface area contributed by atoms with Crippen molar-refractivity contribution >= 4 is 0 Å². The van der Waals surface area contributed by atoms with E-state index in [2.05, 4.69) is 50.4 Å². The zero-order valence-electron chi connectivity index (χ0n) is 9.71. The van der Waals surface area contributed by atoms with Crippen LogP contribution in [0, 0.1) is 0 Å². The Morgan fingerprint density at radius 2 is 1.80 bits per heavy atom. The molecule has 1 aromatic carbocycles. The lowest BCUT2D eigenvalue weighted by Gasteiger charge is -2.45. The van der Waals surface area contributed by atoms with Crippen LogP contribution >= 0.6 is 0 Å². The first-order chi connectivity index (χ1) is 7.02. The van der Waals surface area contributed by atoms with Gasteiger partial charge >= 0.3 is 0 Å². The molecule has 1 aliphatic heterocycles. The van der Waals surface area contributed by atoms with E-state index in [1.54, 1.807) is 0 Å². The molecule has 0 saturated carbocycles. The third-order valence-corrected chi connectivity index (χ3v) is 2.97. The first-order valence-electron chi connectivity index (χ1n) is 5.48. The lowest BCUT2D eigenvalue weighted by molar-refractivity contribution is -0.158. The fourth-order valence-electron chi connectivity index (χ4n) is 2.06. The Morgan fingerprint density at radius 3 is 2.27 bits per heavy atom. The van der Waals surface area contributed by atoms with Gasteiger partial charge in [-0.15, -0.1) is 0 Å². The van der Waals surface area contributed by atoms with E-state index in [0.29, 0.717) is 0 Å². The van der Waals surface area contributed by atoms with Crippen LogP contribution in [0.2, 0.25) is 0 Å². The van der Waals surface area contributed by atoms with Gasteiger partial charge in [0, 0.05) is 13.1 Å². The maximum absolute atomic E-state index is 6.18. The number of hydrogen-bond donors (Lipinski definition) is 1. The molecule has 0 unspecified atom stereocenters. The molecule has 2 nitrogen and oxygen atoms in total. The summed E-state index contributed by atoms with van der Waals surface area (Å²) in [6.07, 6.45) is 0. The number of hydrogen-bond acceptors (Lipinski definition) is 2. The van der Waals surface area contributed by atoms with Gasteiger partial charge in [-0.3, -0.25) is 0 Å². The van der Waals surface area contributed by atoms with Crippen molar-refractivity contribution in [1.29, 1.82) is 0 Å². The maximum Gasteiger partial charge on any atom is 0.0913 e. The molecule has 82 valence electrons. The SMILES string of the molecule is CC1(OC(C)(C)c2ccccc2)CNC1. The van der Waals surface area contributed by atoms with E-state index in [1.165, 1.54) is 5.56 Å². The molecule has 0 aromatic heterocycles. The van der Waals surface area contributed by atoms with Gasteiger partial charge in [0.2, 0.25) is 0 Å². The van der Waals surface area contributed by atoms with E-state index in [0.717, 1.165) is 13.1 Å². The first kappa shape index (κ1) is 10.7. The Morgan fingerprint density at radius 1 is 1.20 bits per heavy atom. The van der Waals surface area contributed by atoms with Crippen LogP contribution in [0.5, 0.6) is 0 Å². The monoisotopic (exact) mass is 205 g/mol. The molecule has 15 heavy (non-hydrogen) atoms. The van der Waals surface area contributed by atoms with Crippen molar-refractivity contribution in [3.63, 3.8) is 0 Å². The molecule has 1 aliphatic rings. The fraction of sp³-hybridized carbons (Fsp3) is 0.538. The molecule has 1 aromatic rings. The summed E-state index contributed by atoms with van der Waals surface area (Å²) in [4.78, 5) is 0. The van der Waals surface area contributed by atoms with Gasteiger partial charge < -0.3 is 10.1 Å². The van der Waals surface area contributed by atoms with Crippen molar-refractivity contribution in [2.45, 2.75) is 32.0 Å². The second kappa shape index (κ2) is 3.62. The van der Waals surface area contributed by atoms with E-state index in [4.69, 9.17) is 4.74 Å². The van der Waals surface area contributed by atoms with Gasteiger partial charge in [0.05, 0.1) is 11.2 Å². The van der Waals surface area contributed by atoms with Crippen LogP contribution in [-0.4, -0.2) is 18.7 Å². The molecule has 1 fully saturated rings. The quantitative estimate of drug-likeness (QED) is 0.817. The Hall–Kier alpha value is -0.860. The standard InChI is InChI=1S/C13H19NO/c1-12(2,11-7-5-4-6-8-11)15-13(3)9-14-10-13/h4-8,14H,9-10H2,1-3H3. The normalized spacial score (nSPS) is 19.7. The summed E-state index contributed by atoms with van der Waals surface area (Å²) in [7, 11) is 0. The molecule has 0 radical (unpaired) electrons. The van der Waals surface area contributed by atoms with Gasteiger partial charge in [0.25, 0.3) is 0 Å². The minimum absolute atomic E-state index is 0.000653. The molecule has 0 atom stereocenters. The molecule has 2 heteroatoms. The second-order valence-corrected chi connectivity index (χ2v) is 5.03. The van der Waals surface area contributed by atoms with Gasteiger partial charge in [0.1, 0.15) is 0 Å². The summed E-state index contributed by atoms with van der Waals surface area (Å²) in [5.74, 6) is 0. The zero-order chi connectivity index (χ0) is 10.9. The molecule has 0 spiro atoms. The second-order valence-electron chi connectivity index (χ2n) is 5.03. The van der Waals surface area contributed by atoms with Crippen molar-refractivity contribution in [2.24, 2.45) is 0 Å². The average molecular weight is 205 g/mol. The fourth-order valence-corrected chi connectivity index (χ4v) is 2.06. The third-order valence-electron chi connectivity index (χ3n) is 2.97. The van der Waals surface area contributed by atoms with Gasteiger partial charge in [0.15, 0.2) is 0 Å². The number of rotatable bonds is 3. The highest BCUT2D eigenvalue weighted by Gasteiger charge is 2.38. The van der Waals surface area contributed by atoms with Gasteiger partial charge in [-0.25, -0.2) is 0 Å². The lowest BCUT2D eigenvalue weighted by Crippen LogP contribution is -2.61. The van der Waals surface area contributed by atoms with E-state index in [9.17, 15) is 0 Å². The summed E-state index contributed by atoms with van der Waals surface area (Å²) in [6.45, 7) is 8.32. The highest BCUT2D eigenvalue weighted by molar-refractivity contribution is 5.21. The third kappa shape index (κ3) is 2.21. The lowest BCUT2D eigenvalue weighted by atomic mass is 9.93. The molecule has 2 rings (SSSR count). The van der Waals surface area contributed by atoms with Crippen molar-refractivity contribution in [3.05, 3.63) is 35.9 Å². The Bertz CT molecular complexity index is 328. The molecule has 0 aliphatic carbocycles.